The van der Waals surface area contributed by atoms with Gasteiger partial charge in [-0.3, -0.25) is 4.79 Å². The lowest BCUT2D eigenvalue weighted by atomic mass is 10.1. The van der Waals surface area contributed by atoms with Crippen LogP contribution in [0.3, 0.4) is 0 Å². The number of ether oxygens (including phenoxy) is 1. The van der Waals surface area contributed by atoms with Crippen molar-refractivity contribution >= 4 is 29.4 Å². The van der Waals surface area contributed by atoms with Crippen molar-refractivity contribution in [2.45, 2.75) is 18.1 Å². The van der Waals surface area contributed by atoms with Gasteiger partial charge in [-0.15, -0.1) is 0 Å². The summed E-state index contributed by atoms with van der Waals surface area (Å²) in [5, 5.41) is 3.63. The maximum absolute atomic E-state index is 11.8. The monoisotopic (exact) mass is 311 g/mol. The van der Waals surface area contributed by atoms with E-state index in [2.05, 4.69) is 5.32 Å². The summed E-state index contributed by atoms with van der Waals surface area (Å²) in [5.41, 5.74) is 1.17. The number of carbonyl (C=O) groups is 1. The molecular weight excluding hydrogens is 290 g/mol. The average Bonchev–Trinajstić information content (AvgIpc) is 2.52. The molecule has 5 heteroatoms. The third-order valence-corrected chi connectivity index (χ3v) is 6.06. The highest BCUT2D eigenvalue weighted by Crippen LogP contribution is 2.23. The summed E-state index contributed by atoms with van der Waals surface area (Å²) in [6, 6.07) is 7.89. The van der Waals surface area contributed by atoms with Crippen LogP contribution in [0, 0.1) is 0 Å². The van der Waals surface area contributed by atoms with E-state index in [1.54, 1.807) is 7.11 Å². The molecule has 1 amide bonds. The maximum atomic E-state index is 11.8. The Morgan fingerprint density at radius 1 is 1.35 bits per heavy atom. The van der Waals surface area contributed by atoms with Gasteiger partial charge >= 0.3 is 0 Å². The molecule has 0 bridgehead atoms. The number of methoxy groups -OCH3 is 1. The fraction of sp³-hybridized carbons (Fsp3) is 0.533. The van der Waals surface area contributed by atoms with Gasteiger partial charge in [0.25, 0.3) is 0 Å². The predicted octanol–water partition coefficient (Wildman–Crippen LogP) is 2.59. The second-order valence-electron chi connectivity index (χ2n) is 4.72. The van der Waals surface area contributed by atoms with E-state index < -0.39 is 0 Å². The molecule has 1 atom stereocenters. The first-order valence-electron chi connectivity index (χ1n) is 6.87. The Hall–Kier alpha value is -0.810. The molecule has 110 valence electrons. The highest BCUT2D eigenvalue weighted by atomic mass is 32.2. The van der Waals surface area contributed by atoms with Crippen LogP contribution >= 0.6 is 23.5 Å². The van der Waals surface area contributed by atoms with Gasteiger partial charge in [0, 0.05) is 35.5 Å². The summed E-state index contributed by atoms with van der Waals surface area (Å²) in [6.45, 7) is 0.805. The van der Waals surface area contributed by atoms with E-state index in [4.69, 9.17) is 4.74 Å². The second-order valence-corrected chi connectivity index (χ2v) is 7.28. The van der Waals surface area contributed by atoms with Gasteiger partial charge in [-0.05, 0) is 24.1 Å². The zero-order chi connectivity index (χ0) is 14.2. The molecule has 0 radical (unpaired) electrons. The number of benzene rings is 1. The number of thioether (sulfide) groups is 2. The van der Waals surface area contributed by atoms with E-state index in [1.165, 1.54) is 17.1 Å². The molecule has 20 heavy (non-hydrogen) atoms. The van der Waals surface area contributed by atoms with Crippen LogP contribution in [0.4, 0.5) is 0 Å². The van der Waals surface area contributed by atoms with Gasteiger partial charge < -0.3 is 10.1 Å². The minimum absolute atomic E-state index is 0.150. The third kappa shape index (κ3) is 5.29. The summed E-state index contributed by atoms with van der Waals surface area (Å²) in [6.07, 6.45) is 1.33. The Morgan fingerprint density at radius 3 is 2.80 bits per heavy atom. The van der Waals surface area contributed by atoms with Crippen LogP contribution in [0.5, 0.6) is 5.75 Å². The molecule has 0 aliphatic carbocycles. The van der Waals surface area contributed by atoms with Crippen LogP contribution in [0.1, 0.15) is 12.0 Å². The van der Waals surface area contributed by atoms with Crippen molar-refractivity contribution in [3.8, 4) is 5.75 Å². The van der Waals surface area contributed by atoms with Gasteiger partial charge in [-0.2, -0.15) is 23.5 Å². The van der Waals surface area contributed by atoms with Gasteiger partial charge in [-0.25, -0.2) is 0 Å². The zero-order valence-electron chi connectivity index (χ0n) is 11.8. The Bertz CT molecular complexity index is 416. The second kappa shape index (κ2) is 8.47. The van der Waals surface area contributed by atoms with Crippen molar-refractivity contribution in [1.29, 1.82) is 0 Å². The van der Waals surface area contributed by atoms with Crippen LogP contribution < -0.4 is 10.1 Å². The normalized spacial score (nSPS) is 18.6. The molecule has 0 unspecified atom stereocenters. The summed E-state index contributed by atoms with van der Waals surface area (Å²) >= 11 is 3.96. The summed E-state index contributed by atoms with van der Waals surface area (Å²) in [7, 11) is 1.66. The van der Waals surface area contributed by atoms with Gasteiger partial charge in [0.05, 0.1) is 7.11 Å². The molecule has 1 saturated heterocycles. The number of hydrogen-bond donors (Lipinski definition) is 1. The summed E-state index contributed by atoms with van der Waals surface area (Å²) in [4.78, 5) is 11.8. The number of rotatable bonds is 6. The fourth-order valence-corrected chi connectivity index (χ4v) is 4.63. The lowest BCUT2D eigenvalue weighted by molar-refractivity contribution is -0.121. The van der Waals surface area contributed by atoms with E-state index in [0.29, 0.717) is 11.7 Å². The standard InChI is InChI=1S/C15H21NO2S2/c1-18-13-5-2-12(3-6-13)4-7-15(17)16-10-14-11-19-8-9-20-14/h2-3,5-6,14H,4,7-11H2,1H3,(H,16,17)/t14-/m0/s1. The Kier molecular flexibility index (Phi) is 6.60. The molecule has 1 aromatic carbocycles. The van der Waals surface area contributed by atoms with Gasteiger partial charge in [-0.1, -0.05) is 12.1 Å². The van der Waals surface area contributed by atoms with E-state index in [9.17, 15) is 4.79 Å². The quantitative estimate of drug-likeness (QED) is 0.876. The largest absolute Gasteiger partial charge is 0.497 e. The summed E-state index contributed by atoms with van der Waals surface area (Å²) in [5.74, 6) is 4.61. The maximum Gasteiger partial charge on any atom is 0.220 e. The first kappa shape index (κ1) is 15.6. The number of nitrogens with one attached hydrogen (secondary N) is 1. The number of aryl methyl sites for hydroxylation is 1. The Labute approximate surface area is 129 Å². The smallest absolute Gasteiger partial charge is 0.220 e. The zero-order valence-corrected chi connectivity index (χ0v) is 13.4. The van der Waals surface area contributed by atoms with Crippen molar-refractivity contribution in [3.05, 3.63) is 29.8 Å². The molecule has 1 aliphatic rings. The molecule has 1 heterocycles. The molecule has 2 rings (SSSR count). The molecular formula is C15H21NO2S2. The van der Waals surface area contributed by atoms with E-state index in [1.807, 2.05) is 47.8 Å². The van der Waals surface area contributed by atoms with E-state index in [-0.39, 0.29) is 5.91 Å². The lowest BCUT2D eigenvalue weighted by Crippen LogP contribution is -2.33. The van der Waals surface area contributed by atoms with Crippen molar-refractivity contribution < 1.29 is 9.53 Å². The SMILES string of the molecule is COc1ccc(CCC(=O)NC[C@H]2CSCCS2)cc1. The van der Waals surface area contributed by atoms with Crippen LogP contribution in [0.2, 0.25) is 0 Å². The Balaban J connectivity index is 1.66. The van der Waals surface area contributed by atoms with Gasteiger partial charge in [0.1, 0.15) is 5.75 Å². The molecule has 3 nitrogen and oxygen atoms in total. The third-order valence-electron chi connectivity index (χ3n) is 3.21. The molecule has 1 aliphatic heterocycles. The van der Waals surface area contributed by atoms with Gasteiger partial charge in [0.15, 0.2) is 0 Å². The van der Waals surface area contributed by atoms with Gasteiger partial charge in [0.2, 0.25) is 5.91 Å². The van der Waals surface area contributed by atoms with Crippen molar-refractivity contribution in [3.63, 3.8) is 0 Å². The highest BCUT2D eigenvalue weighted by molar-refractivity contribution is 8.06. The van der Waals surface area contributed by atoms with Crippen molar-refractivity contribution in [2.24, 2.45) is 0 Å². The van der Waals surface area contributed by atoms with Crippen molar-refractivity contribution in [2.75, 3.05) is 30.9 Å². The molecule has 1 aromatic rings. The lowest BCUT2D eigenvalue weighted by Gasteiger charge is -2.21. The number of hydrogen-bond acceptors (Lipinski definition) is 4. The van der Waals surface area contributed by atoms with Crippen molar-refractivity contribution in [1.82, 2.24) is 5.32 Å². The van der Waals surface area contributed by atoms with Crippen LogP contribution in [0.15, 0.2) is 24.3 Å². The van der Waals surface area contributed by atoms with Crippen LogP contribution in [-0.2, 0) is 11.2 Å². The predicted molar refractivity (Wildman–Crippen MR) is 87.9 cm³/mol. The molecule has 0 aromatic heterocycles. The fourth-order valence-electron chi connectivity index (χ4n) is 2.02. The molecule has 1 N–H and O–H groups in total. The minimum atomic E-state index is 0.150. The molecule has 0 saturated carbocycles. The topological polar surface area (TPSA) is 38.3 Å². The van der Waals surface area contributed by atoms with E-state index in [0.717, 1.165) is 24.5 Å². The summed E-state index contributed by atoms with van der Waals surface area (Å²) < 4.78 is 5.12. The molecule has 0 spiro atoms. The Morgan fingerprint density at radius 2 is 2.15 bits per heavy atom. The highest BCUT2D eigenvalue weighted by Gasteiger charge is 2.14. The first-order chi connectivity index (χ1) is 9.78. The van der Waals surface area contributed by atoms with Crippen LogP contribution in [-0.4, -0.2) is 42.1 Å². The van der Waals surface area contributed by atoms with E-state index >= 15 is 0 Å². The molecule has 1 fully saturated rings. The average molecular weight is 311 g/mol. The van der Waals surface area contributed by atoms with Crippen LogP contribution in [0.25, 0.3) is 0 Å². The first-order valence-corrected chi connectivity index (χ1v) is 9.07. The minimum Gasteiger partial charge on any atom is -0.497 e. The number of carbonyl (C=O) groups excluding carboxylic acids is 1. The number of amides is 1.